The van der Waals surface area contributed by atoms with Crippen LogP contribution in [0.5, 0.6) is 0 Å². The molecule has 0 radical (unpaired) electrons. The van der Waals surface area contributed by atoms with Crippen LogP contribution in [0.3, 0.4) is 0 Å². The third-order valence-corrected chi connectivity index (χ3v) is 2.34. The summed E-state index contributed by atoms with van der Waals surface area (Å²) in [5.74, 6) is -2.02. The second kappa shape index (κ2) is 7.72. The molecule has 0 aliphatic rings. The molecular weight excluding hydrogens is 321 g/mol. The molecule has 0 aromatic rings. The summed E-state index contributed by atoms with van der Waals surface area (Å²) < 4.78 is 60.7. The topological polar surface area (TPSA) is 122 Å². The Morgan fingerprint density at radius 2 is 1.77 bits per heavy atom. The number of halogens is 5. The number of nitrogens with two attached hydrogens (primary N) is 1. The number of rotatable bonds is 8. The lowest BCUT2D eigenvalue weighted by atomic mass is 10.3. The average Bonchev–Trinajstić information content (AvgIpc) is 2.39. The Morgan fingerprint density at radius 3 is 2.14 bits per heavy atom. The van der Waals surface area contributed by atoms with Crippen molar-refractivity contribution in [3.05, 3.63) is 21.6 Å². The smallest absolute Gasteiger partial charge is 0.373 e. The maximum atomic E-state index is 12.6. The molecule has 13 heteroatoms. The van der Waals surface area contributed by atoms with Gasteiger partial charge in [0.05, 0.1) is 13.1 Å². The van der Waals surface area contributed by atoms with E-state index in [1.807, 2.05) is 0 Å². The molecule has 5 N–H and O–H groups in total. The van der Waals surface area contributed by atoms with Gasteiger partial charge in [-0.15, -0.1) is 0 Å². The van der Waals surface area contributed by atoms with Gasteiger partial charge in [0, 0.05) is 0 Å². The van der Waals surface area contributed by atoms with E-state index >= 15 is 0 Å². The van der Waals surface area contributed by atoms with Crippen LogP contribution >= 0.6 is 0 Å². The Morgan fingerprint density at radius 1 is 1.23 bits per heavy atom. The molecule has 128 valence electrons. The fourth-order valence-corrected chi connectivity index (χ4v) is 1.19. The Labute approximate surface area is 121 Å². The number of allylic oxidation sites excluding steroid dienone is 1. The van der Waals surface area contributed by atoms with Gasteiger partial charge < -0.3 is 20.7 Å². The Kier molecular flexibility index (Phi) is 6.96. The van der Waals surface area contributed by atoms with E-state index in [-0.39, 0.29) is 12.1 Å². The van der Waals surface area contributed by atoms with Gasteiger partial charge in [0.25, 0.3) is 0 Å². The van der Waals surface area contributed by atoms with Crippen LogP contribution in [0, 0.1) is 10.1 Å². The van der Waals surface area contributed by atoms with Crippen molar-refractivity contribution in [3.8, 4) is 0 Å². The summed E-state index contributed by atoms with van der Waals surface area (Å²) >= 11 is 0. The average molecular weight is 335 g/mol. The van der Waals surface area contributed by atoms with E-state index in [1.54, 1.807) is 5.43 Å². The standard InChI is InChI=1S/C9H14F5N5O3/c1-2-5(7(18-15)19(21)22)16-3-6(20)17-4-8(10,11)9(12,13)14/h16,18H,2-4,15H2,1H3,(H,17,20)/b7-5+. The quantitative estimate of drug-likeness (QED) is 0.218. The number of nitrogens with one attached hydrogen (secondary N) is 3. The van der Waals surface area contributed by atoms with Crippen LogP contribution in [-0.4, -0.2) is 36.0 Å². The summed E-state index contributed by atoms with van der Waals surface area (Å²) in [4.78, 5) is 20.9. The number of hydrogen-bond acceptors (Lipinski definition) is 6. The van der Waals surface area contributed by atoms with E-state index < -0.39 is 41.8 Å². The lowest BCUT2D eigenvalue weighted by molar-refractivity contribution is -0.433. The van der Waals surface area contributed by atoms with Crippen LogP contribution in [0.2, 0.25) is 0 Å². The number of nitro groups is 1. The molecular formula is C9H14F5N5O3. The van der Waals surface area contributed by atoms with E-state index in [1.165, 1.54) is 12.2 Å². The van der Waals surface area contributed by atoms with Gasteiger partial charge >= 0.3 is 17.9 Å². The van der Waals surface area contributed by atoms with Crippen molar-refractivity contribution in [2.24, 2.45) is 5.84 Å². The number of carbonyl (C=O) groups excluding carboxylic acids is 1. The summed E-state index contributed by atoms with van der Waals surface area (Å²) in [5.41, 5.74) is 1.65. The second-order valence-corrected chi connectivity index (χ2v) is 3.91. The van der Waals surface area contributed by atoms with Crippen molar-refractivity contribution in [1.82, 2.24) is 16.1 Å². The molecule has 1 amide bonds. The Hall–Kier alpha value is -2.18. The lowest BCUT2D eigenvalue weighted by Gasteiger charge is -2.20. The summed E-state index contributed by atoms with van der Waals surface area (Å²) in [6.45, 7) is -1.20. The molecule has 0 atom stereocenters. The highest BCUT2D eigenvalue weighted by atomic mass is 19.4. The first-order chi connectivity index (χ1) is 9.96. The molecule has 0 aromatic carbocycles. The van der Waals surface area contributed by atoms with Crippen molar-refractivity contribution in [3.63, 3.8) is 0 Å². The number of hydrogen-bond donors (Lipinski definition) is 4. The molecule has 8 nitrogen and oxygen atoms in total. The first-order valence-corrected chi connectivity index (χ1v) is 5.75. The molecule has 0 bridgehead atoms. The minimum atomic E-state index is -5.79. The normalized spacial score (nSPS) is 13.2. The zero-order valence-electron chi connectivity index (χ0n) is 11.3. The van der Waals surface area contributed by atoms with Gasteiger partial charge in [-0.2, -0.15) is 33.2 Å². The summed E-state index contributed by atoms with van der Waals surface area (Å²) in [6.07, 6.45) is -5.75. The number of nitrogens with zero attached hydrogens (tertiary/aromatic N) is 1. The largest absolute Gasteiger partial charge is 0.455 e. The molecule has 0 aliphatic heterocycles. The molecule has 0 saturated carbocycles. The third kappa shape index (κ3) is 5.67. The Balaban J connectivity index is 4.61. The molecule has 0 saturated heterocycles. The minimum absolute atomic E-state index is 0.0342. The van der Waals surface area contributed by atoms with E-state index in [9.17, 15) is 36.9 Å². The van der Waals surface area contributed by atoms with E-state index in [2.05, 4.69) is 5.32 Å². The van der Waals surface area contributed by atoms with Crippen LogP contribution in [0.25, 0.3) is 0 Å². The van der Waals surface area contributed by atoms with Crippen LogP contribution in [0.4, 0.5) is 22.0 Å². The fraction of sp³-hybridized carbons (Fsp3) is 0.667. The maximum Gasteiger partial charge on any atom is 0.455 e. The molecule has 0 spiro atoms. The number of alkyl halides is 5. The van der Waals surface area contributed by atoms with E-state index in [0.29, 0.717) is 0 Å². The third-order valence-electron chi connectivity index (χ3n) is 2.34. The van der Waals surface area contributed by atoms with Gasteiger partial charge in [0.2, 0.25) is 5.91 Å². The summed E-state index contributed by atoms with van der Waals surface area (Å²) in [7, 11) is 0. The predicted molar refractivity (Wildman–Crippen MR) is 63.6 cm³/mol. The molecule has 0 rings (SSSR count). The zero-order valence-corrected chi connectivity index (χ0v) is 11.3. The van der Waals surface area contributed by atoms with Crippen molar-refractivity contribution in [2.75, 3.05) is 13.1 Å². The van der Waals surface area contributed by atoms with Gasteiger partial charge in [-0.3, -0.25) is 4.79 Å². The highest BCUT2D eigenvalue weighted by molar-refractivity contribution is 5.78. The number of amides is 1. The molecule has 0 aliphatic carbocycles. The summed E-state index contributed by atoms with van der Waals surface area (Å²) in [5, 5.41) is 14.2. The number of hydrazine groups is 1. The molecule has 22 heavy (non-hydrogen) atoms. The van der Waals surface area contributed by atoms with Crippen LogP contribution in [-0.2, 0) is 4.79 Å². The van der Waals surface area contributed by atoms with Gasteiger partial charge in [-0.25, -0.2) is 0 Å². The van der Waals surface area contributed by atoms with Crippen molar-refractivity contribution >= 4 is 5.91 Å². The molecule has 0 heterocycles. The SMILES string of the molecule is CC/C(NCC(=O)NCC(F)(F)C(F)(F)F)=C(/NN)[N+](=O)[O-]. The monoisotopic (exact) mass is 335 g/mol. The zero-order chi connectivity index (χ0) is 17.6. The fourth-order valence-electron chi connectivity index (χ4n) is 1.19. The molecule has 0 unspecified atom stereocenters. The van der Waals surface area contributed by atoms with Crippen LogP contribution in [0.1, 0.15) is 13.3 Å². The molecule has 0 aromatic heterocycles. The van der Waals surface area contributed by atoms with E-state index in [4.69, 9.17) is 5.84 Å². The molecule has 0 fully saturated rings. The van der Waals surface area contributed by atoms with Crippen molar-refractivity contribution in [2.45, 2.75) is 25.4 Å². The lowest BCUT2D eigenvalue weighted by Crippen LogP contribution is -2.48. The highest BCUT2D eigenvalue weighted by Gasteiger charge is 2.57. The van der Waals surface area contributed by atoms with Gasteiger partial charge in [-0.1, -0.05) is 6.92 Å². The maximum absolute atomic E-state index is 12.6. The van der Waals surface area contributed by atoms with Crippen LogP contribution < -0.4 is 21.9 Å². The van der Waals surface area contributed by atoms with Gasteiger partial charge in [0.1, 0.15) is 5.70 Å². The van der Waals surface area contributed by atoms with Crippen LogP contribution in [0.15, 0.2) is 11.5 Å². The summed E-state index contributed by atoms with van der Waals surface area (Å²) in [6, 6.07) is 0. The Bertz CT molecular complexity index is 451. The van der Waals surface area contributed by atoms with Crippen molar-refractivity contribution < 1.29 is 31.7 Å². The number of carbonyl (C=O) groups is 1. The highest BCUT2D eigenvalue weighted by Crippen LogP contribution is 2.34. The van der Waals surface area contributed by atoms with E-state index in [0.717, 1.165) is 0 Å². The second-order valence-electron chi connectivity index (χ2n) is 3.91. The van der Waals surface area contributed by atoms with Crippen molar-refractivity contribution in [1.29, 1.82) is 0 Å². The minimum Gasteiger partial charge on any atom is -0.373 e. The first-order valence-electron chi connectivity index (χ1n) is 5.75. The first kappa shape index (κ1) is 19.8. The van der Waals surface area contributed by atoms with Gasteiger partial charge in [0.15, 0.2) is 0 Å². The van der Waals surface area contributed by atoms with Gasteiger partial charge in [-0.05, 0) is 11.3 Å². The predicted octanol–water partition coefficient (Wildman–Crippen LogP) is 0.209.